The molecule has 5 heteroatoms. The van der Waals surface area contributed by atoms with E-state index in [0.717, 1.165) is 12.8 Å². The number of amides is 1. The smallest absolute Gasteiger partial charge is 0.260 e. The topological polar surface area (TPSA) is 64.3 Å². The number of rotatable bonds is 7. The molecule has 0 aromatic heterocycles. The third-order valence-electron chi connectivity index (χ3n) is 3.49. The van der Waals surface area contributed by atoms with Crippen molar-refractivity contribution in [3.63, 3.8) is 0 Å². The molecular weight excluding hydrogens is 271 g/mol. The van der Waals surface area contributed by atoms with Crippen molar-refractivity contribution in [1.82, 2.24) is 5.32 Å². The van der Waals surface area contributed by atoms with Gasteiger partial charge in [0.15, 0.2) is 17.7 Å². The van der Waals surface area contributed by atoms with Crippen LogP contribution in [0.1, 0.15) is 52.1 Å². The van der Waals surface area contributed by atoms with E-state index in [2.05, 4.69) is 5.32 Å². The zero-order chi connectivity index (χ0) is 16.0. The number of hydrogen-bond acceptors (Lipinski definition) is 3. The number of carbonyl (C=O) groups is 1. The van der Waals surface area contributed by atoms with E-state index in [1.54, 1.807) is 19.9 Å². The summed E-state index contributed by atoms with van der Waals surface area (Å²) in [7, 11) is 0. The molecule has 0 aliphatic carbocycles. The van der Waals surface area contributed by atoms with E-state index in [9.17, 15) is 9.18 Å². The van der Waals surface area contributed by atoms with Gasteiger partial charge in [-0.05, 0) is 44.4 Å². The minimum Gasteiger partial charge on any atom is -0.478 e. The first kappa shape index (κ1) is 17.4. The largest absolute Gasteiger partial charge is 0.478 e. The van der Waals surface area contributed by atoms with Crippen molar-refractivity contribution in [3.05, 3.63) is 29.6 Å². The van der Waals surface area contributed by atoms with Gasteiger partial charge in [-0.15, -0.1) is 0 Å². The van der Waals surface area contributed by atoms with Crippen LogP contribution in [-0.4, -0.2) is 18.1 Å². The van der Waals surface area contributed by atoms with Crippen LogP contribution in [0.15, 0.2) is 18.2 Å². The normalized spacial score (nSPS) is 13.9. The SMILES string of the molecule is CCC(CC)NC(=O)C(C)Oc1ccc([C@@H](C)N)cc1F. The average molecular weight is 296 g/mol. The van der Waals surface area contributed by atoms with Crippen LogP contribution in [0, 0.1) is 5.82 Å². The van der Waals surface area contributed by atoms with Gasteiger partial charge in [-0.2, -0.15) is 0 Å². The Morgan fingerprint density at radius 1 is 1.33 bits per heavy atom. The van der Waals surface area contributed by atoms with E-state index in [4.69, 9.17) is 10.5 Å². The average Bonchev–Trinajstić information content (AvgIpc) is 2.46. The zero-order valence-corrected chi connectivity index (χ0v) is 13.2. The predicted octanol–water partition coefficient (Wildman–Crippen LogP) is 2.92. The molecule has 0 aliphatic heterocycles. The second-order valence-electron chi connectivity index (χ2n) is 5.26. The van der Waals surface area contributed by atoms with E-state index in [1.165, 1.54) is 12.1 Å². The minimum atomic E-state index is -0.749. The van der Waals surface area contributed by atoms with Crippen LogP contribution >= 0.6 is 0 Å². The molecule has 118 valence electrons. The highest BCUT2D eigenvalue weighted by molar-refractivity contribution is 5.81. The highest BCUT2D eigenvalue weighted by Crippen LogP contribution is 2.22. The molecule has 0 radical (unpaired) electrons. The van der Waals surface area contributed by atoms with E-state index >= 15 is 0 Å². The van der Waals surface area contributed by atoms with Gasteiger partial charge < -0.3 is 15.8 Å². The van der Waals surface area contributed by atoms with E-state index in [-0.39, 0.29) is 23.7 Å². The Labute approximate surface area is 125 Å². The Bertz CT molecular complexity index is 473. The van der Waals surface area contributed by atoms with Crippen molar-refractivity contribution in [3.8, 4) is 5.75 Å². The summed E-state index contributed by atoms with van der Waals surface area (Å²) in [5.41, 5.74) is 6.38. The van der Waals surface area contributed by atoms with Crippen LogP contribution in [0.4, 0.5) is 4.39 Å². The summed E-state index contributed by atoms with van der Waals surface area (Å²) in [6.45, 7) is 7.40. The number of nitrogens with two attached hydrogens (primary N) is 1. The van der Waals surface area contributed by atoms with Gasteiger partial charge in [0, 0.05) is 12.1 Å². The Morgan fingerprint density at radius 2 is 1.95 bits per heavy atom. The molecule has 1 aromatic rings. The van der Waals surface area contributed by atoms with Crippen LogP contribution < -0.4 is 15.8 Å². The molecule has 0 saturated carbocycles. The molecule has 0 spiro atoms. The van der Waals surface area contributed by atoms with E-state index < -0.39 is 11.9 Å². The Balaban J connectivity index is 2.70. The van der Waals surface area contributed by atoms with E-state index in [0.29, 0.717) is 5.56 Å². The monoisotopic (exact) mass is 296 g/mol. The van der Waals surface area contributed by atoms with Crippen molar-refractivity contribution < 1.29 is 13.9 Å². The molecule has 21 heavy (non-hydrogen) atoms. The molecule has 1 unspecified atom stereocenters. The first-order valence-corrected chi connectivity index (χ1v) is 7.41. The molecule has 4 nitrogen and oxygen atoms in total. The van der Waals surface area contributed by atoms with E-state index in [1.807, 2.05) is 13.8 Å². The van der Waals surface area contributed by atoms with Crippen molar-refractivity contribution in [2.75, 3.05) is 0 Å². The molecule has 0 fully saturated rings. The summed E-state index contributed by atoms with van der Waals surface area (Å²) in [5.74, 6) is -0.682. The summed E-state index contributed by atoms with van der Waals surface area (Å²) in [5, 5.41) is 2.88. The van der Waals surface area contributed by atoms with Crippen molar-refractivity contribution in [1.29, 1.82) is 0 Å². The van der Waals surface area contributed by atoms with Crippen molar-refractivity contribution in [2.24, 2.45) is 5.73 Å². The molecule has 0 saturated heterocycles. The van der Waals surface area contributed by atoms with Crippen LogP contribution in [-0.2, 0) is 4.79 Å². The number of hydrogen-bond donors (Lipinski definition) is 2. The van der Waals surface area contributed by atoms with Crippen molar-refractivity contribution >= 4 is 5.91 Å². The summed E-state index contributed by atoms with van der Waals surface area (Å²) in [6.07, 6.45) is 0.958. The zero-order valence-electron chi connectivity index (χ0n) is 13.2. The maximum absolute atomic E-state index is 13.9. The summed E-state index contributed by atoms with van der Waals surface area (Å²) >= 11 is 0. The van der Waals surface area contributed by atoms with Gasteiger partial charge >= 0.3 is 0 Å². The number of benzene rings is 1. The molecular formula is C16H25FN2O2. The van der Waals surface area contributed by atoms with Crippen LogP contribution in [0.3, 0.4) is 0 Å². The Hall–Kier alpha value is -1.62. The fraction of sp³-hybridized carbons (Fsp3) is 0.562. The third kappa shape index (κ3) is 5.01. The number of carbonyl (C=O) groups excluding carboxylic acids is 1. The second kappa shape index (κ2) is 7.98. The maximum atomic E-state index is 13.9. The standard InChI is InChI=1S/C16H25FN2O2/c1-5-13(6-2)19-16(20)11(4)21-15-8-7-12(10(3)18)9-14(15)17/h7-11,13H,5-6,18H2,1-4H3,(H,19,20)/t10-,11?/m1/s1. The van der Waals surface area contributed by atoms with Gasteiger partial charge in [0.25, 0.3) is 5.91 Å². The number of halogens is 1. The lowest BCUT2D eigenvalue weighted by Gasteiger charge is -2.20. The van der Waals surface area contributed by atoms with Crippen LogP contribution in [0.5, 0.6) is 5.75 Å². The van der Waals surface area contributed by atoms with Gasteiger partial charge in [0.05, 0.1) is 0 Å². The Kier molecular flexibility index (Phi) is 6.62. The third-order valence-corrected chi connectivity index (χ3v) is 3.49. The summed E-state index contributed by atoms with van der Waals surface area (Å²) in [4.78, 5) is 12.0. The van der Waals surface area contributed by atoms with Crippen LogP contribution in [0.25, 0.3) is 0 Å². The number of nitrogens with one attached hydrogen (secondary N) is 1. The van der Waals surface area contributed by atoms with Gasteiger partial charge in [0.2, 0.25) is 0 Å². The molecule has 3 N–H and O–H groups in total. The van der Waals surface area contributed by atoms with Gasteiger partial charge in [-0.25, -0.2) is 4.39 Å². The van der Waals surface area contributed by atoms with Gasteiger partial charge in [-0.1, -0.05) is 19.9 Å². The Morgan fingerprint density at radius 3 is 2.43 bits per heavy atom. The molecule has 1 amide bonds. The summed E-state index contributed by atoms with van der Waals surface area (Å²) < 4.78 is 19.3. The first-order chi connectivity index (χ1) is 9.88. The predicted molar refractivity (Wildman–Crippen MR) is 81.6 cm³/mol. The number of ether oxygens (including phenoxy) is 1. The molecule has 0 aliphatic rings. The van der Waals surface area contributed by atoms with Gasteiger partial charge in [0.1, 0.15) is 0 Å². The molecule has 0 bridgehead atoms. The highest BCUT2D eigenvalue weighted by atomic mass is 19.1. The van der Waals surface area contributed by atoms with Crippen molar-refractivity contribution in [2.45, 2.75) is 58.7 Å². The minimum absolute atomic E-state index is 0.0617. The fourth-order valence-corrected chi connectivity index (χ4v) is 1.95. The molecule has 1 rings (SSSR count). The lowest BCUT2D eigenvalue weighted by atomic mass is 10.1. The highest BCUT2D eigenvalue weighted by Gasteiger charge is 2.19. The maximum Gasteiger partial charge on any atom is 0.260 e. The lowest BCUT2D eigenvalue weighted by Crippen LogP contribution is -2.42. The quantitative estimate of drug-likeness (QED) is 0.813. The first-order valence-electron chi connectivity index (χ1n) is 7.41. The molecule has 2 atom stereocenters. The van der Waals surface area contributed by atoms with Gasteiger partial charge in [-0.3, -0.25) is 4.79 Å². The molecule has 1 aromatic carbocycles. The van der Waals surface area contributed by atoms with Crippen LogP contribution in [0.2, 0.25) is 0 Å². The lowest BCUT2D eigenvalue weighted by molar-refractivity contribution is -0.128. The molecule has 0 heterocycles. The fourth-order valence-electron chi connectivity index (χ4n) is 1.95. The second-order valence-corrected chi connectivity index (χ2v) is 5.26. The summed E-state index contributed by atoms with van der Waals surface area (Å²) in [6, 6.07) is 4.42.